The van der Waals surface area contributed by atoms with Crippen LogP contribution < -0.4 is 0 Å². The Morgan fingerprint density at radius 2 is 1.87 bits per heavy atom. The van der Waals surface area contributed by atoms with Crippen LogP contribution in [0.2, 0.25) is 5.15 Å². The SMILES string of the molecule is C/C=C/Cc1nc(Cl)c(C=O)n1Cc1ccc(-c2ccccc2-c2nn[nH]n2)cc1. The van der Waals surface area contributed by atoms with Gasteiger partial charge in [0.2, 0.25) is 5.82 Å². The van der Waals surface area contributed by atoms with Crippen molar-refractivity contribution >= 4 is 17.9 Å². The number of aromatic amines is 1. The summed E-state index contributed by atoms with van der Waals surface area (Å²) in [5, 5.41) is 14.6. The highest BCUT2D eigenvalue weighted by Crippen LogP contribution is 2.30. The average Bonchev–Trinajstić information content (AvgIpc) is 3.41. The molecule has 2 aromatic carbocycles. The Morgan fingerprint density at radius 3 is 2.53 bits per heavy atom. The van der Waals surface area contributed by atoms with Gasteiger partial charge in [-0.3, -0.25) is 4.79 Å². The van der Waals surface area contributed by atoms with E-state index in [-0.39, 0.29) is 5.15 Å². The number of carbonyl (C=O) groups excluding carboxylic acids is 1. The van der Waals surface area contributed by atoms with Crippen molar-refractivity contribution in [1.82, 2.24) is 30.2 Å². The predicted octanol–water partition coefficient (Wildman–Crippen LogP) is 4.36. The number of tetrazole rings is 1. The van der Waals surface area contributed by atoms with Gasteiger partial charge in [0.05, 0.1) is 0 Å². The van der Waals surface area contributed by atoms with Crippen LogP contribution in [0.4, 0.5) is 0 Å². The molecule has 0 saturated carbocycles. The van der Waals surface area contributed by atoms with E-state index in [0.29, 0.717) is 24.5 Å². The number of imidazole rings is 1. The first-order valence-electron chi connectivity index (χ1n) is 9.44. The first-order chi connectivity index (χ1) is 14.7. The Labute approximate surface area is 178 Å². The summed E-state index contributed by atoms with van der Waals surface area (Å²) in [5.41, 5.74) is 4.38. The van der Waals surface area contributed by atoms with E-state index in [2.05, 4.69) is 25.6 Å². The quantitative estimate of drug-likeness (QED) is 0.355. The van der Waals surface area contributed by atoms with Gasteiger partial charge in [0.25, 0.3) is 0 Å². The maximum absolute atomic E-state index is 11.5. The van der Waals surface area contributed by atoms with Crippen molar-refractivity contribution in [3.05, 3.63) is 82.9 Å². The van der Waals surface area contributed by atoms with Crippen molar-refractivity contribution in [2.24, 2.45) is 0 Å². The summed E-state index contributed by atoms with van der Waals surface area (Å²) in [7, 11) is 0. The number of halogens is 1. The van der Waals surface area contributed by atoms with Gasteiger partial charge in [0.15, 0.2) is 11.4 Å². The first-order valence-corrected chi connectivity index (χ1v) is 9.82. The molecule has 8 heteroatoms. The minimum atomic E-state index is 0.232. The molecule has 4 rings (SSSR count). The van der Waals surface area contributed by atoms with Crippen LogP contribution in [0.15, 0.2) is 60.7 Å². The van der Waals surface area contributed by atoms with E-state index in [9.17, 15) is 4.79 Å². The second-order valence-corrected chi connectivity index (χ2v) is 7.02. The lowest BCUT2D eigenvalue weighted by atomic mass is 9.98. The molecule has 0 radical (unpaired) electrons. The van der Waals surface area contributed by atoms with Crippen molar-refractivity contribution in [1.29, 1.82) is 0 Å². The zero-order valence-electron chi connectivity index (χ0n) is 16.3. The molecule has 0 aliphatic rings. The summed E-state index contributed by atoms with van der Waals surface area (Å²) in [5.74, 6) is 1.30. The lowest BCUT2D eigenvalue weighted by Crippen LogP contribution is -2.08. The fraction of sp³-hybridized carbons (Fsp3) is 0.136. The molecule has 0 aliphatic carbocycles. The zero-order chi connectivity index (χ0) is 20.9. The van der Waals surface area contributed by atoms with Crippen LogP contribution in [0.25, 0.3) is 22.5 Å². The Hall–Kier alpha value is -3.58. The van der Waals surface area contributed by atoms with Crippen molar-refractivity contribution in [3.8, 4) is 22.5 Å². The van der Waals surface area contributed by atoms with Gasteiger partial charge < -0.3 is 4.57 Å². The Morgan fingerprint density at radius 1 is 1.10 bits per heavy atom. The van der Waals surface area contributed by atoms with Crippen LogP contribution >= 0.6 is 11.6 Å². The van der Waals surface area contributed by atoms with Gasteiger partial charge in [-0.2, -0.15) is 5.21 Å². The third-order valence-electron chi connectivity index (χ3n) is 4.81. The van der Waals surface area contributed by atoms with Crippen LogP contribution in [0.5, 0.6) is 0 Å². The highest BCUT2D eigenvalue weighted by molar-refractivity contribution is 6.31. The number of carbonyl (C=O) groups is 1. The first kappa shape index (κ1) is 19.7. The number of nitrogens with zero attached hydrogens (tertiary/aromatic N) is 5. The van der Waals surface area contributed by atoms with Crippen molar-refractivity contribution in [2.75, 3.05) is 0 Å². The summed E-state index contributed by atoms with van der Waals surface area (Å²) in [6.07, 6.45) is 5.30. The summed E-state index contributed by atoms with van der Waals surface area (Å²) in [6.45, 7) is 2.45. The van der Waals surface area contributed by atoms with Crippen LogP contribution in [0.3, 0.4) is 0 Å². The number of hydrogen-bond acceptors (Lipinski definition) is 5. The molecule has 7 nitrogen and oxygen atoms in total. The van der Waals surface area contributed by atoms with Crippen LogP contribution in [0, 0.1) is 0 Å². The van der Waals surface area contributed by atoms with Crippen LogP contribution in [-0.2, 0) is 13.0 Å². The van der Waals surface area contributed by atoms with Crippen molar-refractivity contribution in [3.63, 3.8) is 0 Å². The molecule has 0 atom stereocenters. The van der Waals surface area contributed by atoms with E-state index in [1.54, 1.807) is 0 Å². The fourth-order valence-corrected chi connectivity index (χ4v) is 3.57. The second kappa shape index (κ2) is 8.84. The minimum absolute atomic E-state index is 0.232. The number of rotatable bonds is 7. The molecule has 0 saturated heterocycles. The third kappa shape index (κ3) is 3.92. The molecular formula is C22H19ClN6O. The highest BCUT2D eigenvalue weighted by Gasteiger charge is 2.15. The monoisotopic (exact) mass is 418 g/mol. The molecule has 0 fully saturated rings. The summed E-state index contributed by atoms with van der Waals surface area (Å²) < 4.78 is 1.86. The van der Waals surface area contributed by atoms with Crippen molar-refractivity contribution in [2.45, 2.75) is 19.9 Å². The number of nitrogens with one attached hydrogen (secondary N) is 1. The number of allylic oxidation sites excluding steroid dienone is 2. The predicted molar refractivity (Wildman–Crippen MR) is 115 cm³/mol. The van der Waals surface area contributed by atoms with E-state index >= 15 is 0 Å². The zero-order valence-corrected chi connectivity index (χ0v) is 17.0. The molecule has 0 spiro atoms. The van der Waals surface area contributed by atoms with Crippen LogP contribution in [0.1, 0.15) is 28.8 Å². The number of aldehydes is 1. The number of H-pyrrole nitrogens is 1. The maximum atomic E-state index is 11.5. The number of benzene rings is 2. The second-order valence-electron chi connectivity index (χ2n) is 6.66. The van der Waals surface area contributed by atoms with E-state index in [4.69, 9.17) is 11.6 Å². The molecule has 0 unspecified atom stereocenters. The van der Waals surface area contributed by atoms with Gasteiger partial charge in [-0.15, -0.1) is 10.2 Å². The van der Waals surface area contributed by atoms with Crippen LogP contribution in [-0.4, -0.2) is 36.5 Å². The Bertz CT molecular complexity index is 1180. The highest BCUT2D eigenvalue weighted by atomic mass is 35.5. The lowest BCUT2D eigenvalue weighted by molar-refractivity contribution is 0.111. The third-order valence-corrected chi connectivity index (χ3v) is 5.09. The fourth-order valence-electron chi connectivity index (χ4n) is 3.33. The summed E-state index contributed by atoms with van der Waals surface area (Å²) in [4.78, 5) is 15.9. The number of hydrogen-bond donors (Lipinski definition) is 1. The smallest absolute Gasteiger partial charge is 0.205 e. The van der Waals surface area contributed by atoms with Gasteiger partial charge in [0.1, 0.15) is 11.5 Å². The molecule has 0 aliphatic heterocycles. The van der Waals surface area contributed by atoms with E-state index in [0.717, 1.165) is 34.4 Å². The topological polar surface area (TPSA) is 89.4 Å². The van der Waals surface area contributed by atoms with Gasteiger partial charge in [-0.05, 0) is 28.8 Å². The molecule has 150 valence electrons. The molecule has 1 N–H and O–H groups in total. The molecule has 0 bridgehead atoms. The van der Waals surface area contributed by atoms with Gasteiger partial charge in [0, 0.05) is 18.5 Å². The van der Waals surface area contributed by atoms with Gasteiger partial charge in [-0.1, -0.05) is 72.3 Å². The summed E-state index contributed by atoms with van der Waals surface area (Å²) in [6, 6.07) is 16.1. The molecular weight excluding hydrogens is 400 g/mol. The number of aromatic nitrogens is 6. The van der Waals surface area contributed by atoms with E-state index in [1.165, 1.54) is 0 Å². The van der Waals surface area contributed by atoms with E-state index < -0.39 is 0 Å². The average molecular weight is 419 g/mol. The molecule has 30 heavy (non-hydrogen) atoms. The molecule has 0 amide bonds. The Balaban J connectivity index is 1.65. The van der Waals surface area contributed by atoms with Gasteiger partial charge in [-0.25, -0.2) is 4.98 Å². The normalized spacial score (nSPS) is 11.3. The lowest BCUT2D eigenvalue weighted by Gasteiger charge is -2.11. The Kier molecular flexibility index (Phi) is 5.81. The maximum Gasteiger partial charge on any atom is 0.205 e. The molecule has 2 heterocycles. The molecule has 2 aromatic heterocycles. The van der Waals surface area contributed by atoms with Gasteiger partial charge >= 0.3 is 0 Å². The largest absolute Gasteiger partial charge is 0.320 e. The summed E-state index contributed by atoms with van der Waals surface area (Å²) >= 11 is 6.16. The minimum Gasteiger partial charge on any atom is -0.320 e. The van der Waals surface area contributed by atoms with E-state index in [1.807, 2.05) is 72.2 Å². The van der Waals surface area contributed by atoms with Crippen molar-refractivity contribution < 1.29 is 4.79 Å². The standard InChI is InChI=1S/C22H19ClN6O/c1-2-3-8-20-24-21(23)19(14-30)29(20)13-15-9-11-16(12-10-15)17-6-4-5-7-18(17)22-25-27-28-26-22/h2-7,9-12,14H,8,13H2,1H3,(H,25,26,27,28)/b3-2+. The molecule has 4 aromatic rings.